The van der Waals surface area contributed by atoms with Crippen molar-refractivity contribution in [2.24, 2.45) is 4.99 Å². The fraction of sp³-hybridized carbons (Fsp3) is 0.579. The molecule has 0 aliphatic heterocycles. The number of rotatable bonds is 9. The summed E-state index contributed by atoms with van der Waals surface area (Å²) in [6.45, 7) is 9.12. The zero-order valence-corrected chi connectivity index (χ0v) is 16.9. The molecule has 5 nitrogen and oxygen atoms in total. The topological polar surface area (TPSA) is 56.7 Å². The molecule has 25 heavy (non-hydrogen) atoms. The Kier molecular flexibility index (Phi) is 9.42. The van der Waals surface area contributed by atoms with Crippen molar-refractivity contribution in [3.63, 3.8) is 0 Å². The third-order valence-corrected chi connectivity index (χ3v) is 5.07. The van der Waals surface area contributed by atoms with E-state index >= 15 is 0 Å². The molecule has 140 valence electrons. The Balaban J connectivity index is 2.43. The summed E-state index contributed by atoms with van der Waals surface area (Å²) in [5.74, 6) is 0.889. The fourth-order valence-electron chi connectivity index (χ4n) is 2.10. The van der Waals surface area contributed by atoms with E-state index < -0.39 is 0 Å². The van der Waals surface area contributed by atoms with Crippen LogP contribution < -0.4 is 10.6 Å². The second-order valence-corrected chi connectivity index (χ2v) is 8.08. The molecule has 0 aliphatic carbocycles. The predicted octanol–water partition coefficient (Wildman–Crippen LogP) is 2.73. The van der Waals surface area contributed by atoms with Crippen LogP contribution in [0.3, 0.4) is 0 Å². The molecule has 0 atom stereocenters. The second kappa shape index (κ2) is 11.0. The van der Waals surface area contributed by atoms with Gasteiger partial charge in [-0.3, -0.25) is 9.79 Å². The minimum absolute atomic E-state index is 0.105. The molecule has 0 heterocycles. The lowest BCUT2D eigenvalue weighted by atomic mass is 10.2. The summed E-state index contributed by atoms with van der Waals surface area (Å²) in [7, 11) is 1.84. The highest BCUT2D eigenvalue weighted by atomic mass is 32.2. The zero-order valence-electron chi connectivity index (χ0n) is 16.1. The van der Waals surface area contributed by atoms with Crippen LogP contribution in [0.4, 0.5) is 0 Å². The molecule has 2 N–H and O–H groups in total. The molecule has 0 spiro atoms. The molecule has 0 aliphatic rings. The van der Waals surface area contributed by atoms with Crippen LogP contribution in [0, 0.1) is 0 Å². The number of benzene rings is 1. The molecule has 0 saturated carbocycles. The largest absolute Gasteiger partial charge is 0.357 e. The molecule has 0 saturated heterocycles. The van der Waals surface area contributed by atoms with Crippen LogP contribution in [-0.2, 0) is 11.3 Å². The first-order chi connectivity index (χ1) is 11.9. The molecule has 0 aromatic heterocycles. The minimum Gasteiger partial charge on any atom is -0.357 e. The Bertz CT molecular complexity index is 546. The lowest BCUT2D eigenvalue weighted by Crippen LogP contribution is -2.40. The molecular weight excluding hydrogens is 332 g/mol. The number of hydrogen-bond acceptors (Lipinski definition) is 3. The van der Waals surface area contributed by atoms with E-state index in [9.17, 15) is 4.79 Å². The molecule has 1 aromatic carbocycles. The Morgan fingerprint density at radius 2 is 1.92 bits per heavy atom. The van der Waals surface area contributed by atoms with Crippen molar-refractivity contribution >= 4 is 23.6 Å². The van der Waals surface area contributed by atoms with E-state index in [0.717, 1.165) is 24.6 Å². The standard InChI is InChI=1S/C19H32N4OS/c1-6-20-18(22-15-19(2,3)25-5)21-13-12-17(24)23(4)14-16-10-8-7-9-11-16/h7-11H,6,12-15H2,1-5H3,(H2,20,21,22). The number of guanidine groups is 1. The molecular formula is C19H32N4OS. The van der Waals surface area contributed by atoms with E-state index in [2.05, 4.69) is 35.7 Å². The van der Waals surface area contributed by atoms with Gasteiger partial charge in [0.15, 0.2) is 5.96 Å². The number of nitrogens with one attached hydrogen (secondary N) is 2. The highest BCUT2D eigenvalue weighted by Gasteiger charge is 2.15. The van der Waals surface area contributed by atoms with Gasteiger partial charge < -0.3 is 15.5 Å². The van der Waals surface area contributed by atoms with Gasteiger partial charge in [0.05, 0.1) is 6.54 Å². The van der Waals surface area contributed by atoms with Gasteiger partial charge in [-0.05, 0) is 32.6 Å². The summed E-state index contributed by atoms with van der Waals surface area (Å²) in [5.41, 5.74) is 1.14. The van der Waals surface area contributed by atoms with Gasteiger partial charge in [0.25, 0.3) is 0 Å². The van der Waals surface area contributed by atoms with Gasteiger partial charge in [0.2, 0.25) is 5.91 Å². The minimum atomic E-state index is 0.105. The molecule has 1 amide bonds. The normalized spacial score (nSPS) is 12.0. The van der Waals surface area contributed by atoms with E-state index in [0.29, 0.717) is 19.5 Å². The van der Waals surface area contributed by atoms with Gasteiger partial charge in [-0.2, -0.15) is 11.8 Å². The monoisotopic (exact) mass is 364 g/mol. The van der Waals surface area contributed by atoms with Crippen LogP contribution >= 0.6 is 11.8 Å². The van der Waals surface area contributed by atoms with E-state index in [1.165, 1.54) is 0 Å². The first-order valence-corrected chi connectivity index (χ1v) is 9.95. The molecule has 1 rings (SSSR count). The highest BCUT2D eigenvalue weighted by Crippen LogP contribution is 2.20. The average Bonchev–Trinajstić information content (AvgIpc) is 2.60. The Labute approximate surface area is 156 Å². The van der Waals surface area contributed by atoms with Gasteiger partial charge in [0, 0.05) is 37.8 Å². The number of amides is 1. The first-order valence-electron chi connectivity index (χ1n) is 8.73. The van der Waals surface area contributed by atoms with Crippen LogP contribution in [0.2, 0.25) is 0 Å². The van der Waals surface area contributed by atoms with Gasteiger partial charge in [-0.25, -0.2) is 0 Å². The van der Waals surface area contributed by atoms with Crippen LogP contribution in [0.15, 0.2) is 35.3 Å². The van der Waals surface area contributed by atoms with Crippen LogP contribution in [-0.4, -0.2) is 54.5 Å². The first kappa shape index (κ1) is 21.4. The number of thioether (sulfide) groups is 1. The maximum atomic E-state index is 12.3. The maximum absolute atomic E-state index is 12.3. The quantitative estimate of drug-likeness (QED) is 0.523. The maximum Gasteiger partial charge on any atom is 0.224 e. The van der Waals surface area contributed by atoms with Crippen molar-refractivity contribution in [3.05, 3.63) is 35.9 Å². The van der Waals surface area contributed by atoms with E-state index in [1.54, 1.807) is 16.7 Å². The van der Waals surface area contributed by atoms with Gasteiger partial charge >= 0.3 is 0 Å². The molecule has 1 aromatic rings. The number of carbonyl (C=O) groups excluding carboxylic acids is 1. The Morgan fingerprint density at radius 3 is 2.52 bits per heavy atom. The summed E-state index contributed by atoms with van der Waals surface area (Å²) < 4.78 is 0.105. The summed E-state index contributed by atoms with van der Waals surface area (Å²) in [4.78, 5) is 18.6. The fourth-order valence-corrected chi connectivity index (χ4v) is 2.29. The Morgan fingerprint density at radius 1 is 1.24 bits per heavy atom. The summed E-state index contributed by atoms with van der Waals surface area (Å²) in [5, 5.41) is 6.48. The van der Waals surface area contributed by atoms with Crippen molar-refractivity contribution in [2.45, 2.75) is 38.5 Å². The van der Waals surface area contributed by atoms with E-state index in [-0.39, 0.29) is 10.7 Å². The summed E-state index contributed by atoms with van der Waals surface area (Å²) in [6, 6.07) is 10.0. The SMILES string of the molecule is CCNC(=NCC(C)(C)SC)NCCC(=O)N(C)Cc1ccccc1. The van der Waals surface area contributed by atoms with Crippen molar-refractivity contribution in [2.75, 3.05) is 32.9 Å². The summed E-state index contributed by atoms with van der Waals surface area (Å²) >= 11 is 1.80. The number of aliphatic imine (C=N–C) groups is 1. The van der Waals surface area contributed by atoms with E-state index in [4.69, 9.17) is 0 Å². The van der Waals surface area contributed by atoms with Crippen LogP contribution in [0.5, 0.6) is 0 Å². The average molecular weight is 365 g/mol. The smallest absolute Gasteiger partial charge is 0.224 e. The molecule has 0 fully saturated rings. The lowest BCUT2D eigenvalue weighted by Gasteiger charge is -2.21. The lowest BCUT2D eigenvalue weighted by molar-refractivity contribution is -0.130. The van der Waals surface area contributed by atoms with Crippen molar-refractivity contribution in [1.29, 1.82) is 0 Å². The van der Waals surface area contributed by atoms with Gasteiger partial charge in [-0.1, -0.05) is 30.3 Å². The summed E-state index contributed by atoms with van der Waals surface area (Å²) in [6.07, 6.45) is 2.54. The van der Waals surface area contributed by atoms with Gasteiger partial charge in [0.1, 0.15) is 0 Å². The van der Waals surface area contributed by atoms with Crippen LogP contribution in [0.25, 0.3) is 0 Å². The molecule has 0 bridgehead atoms. The number of hydrogen-bond donors (Lipinski definition) is 2. The van der Waals surface area contributed by atoms with Crippen molar-refractivity contribution < 1.29 is 4.79 Å². The third kappa shape index (κ3) is 8.82. The van der Waals surface area contributed by atoms with Gasteiger partial charge in [-0.15, -0.1) is 0 Å². The molecule has 0 radical (unpaired) electrons. The zero-order chi connectivity index (χ0) is 18.7. The molecule has 0 unspecified atom stereocenters. The van der Waals surface area contributed by atoms with Crippen molar-refractivity contribution in [1.82, 2.24) is 15.5 Å². The van der Waals surface area contributed by atoms with Crippen LogP contribution in [0.1, 0.15) is 32.8 Å². The van der Waals surface area contributed by atoms with Crippen molar-refractivity contribution in [3.8, 4) is 0 Å². The second-order valence-electron chi connectivity index (χ2n) is 6.57. The highest BCUT2D eigenvalue weighted by molar-refractivity contribution is 7.99. The third-order valence-electron chi connectivity index (χ3n) is 3.83. The van der Waals surface area contributed by atoms with E-state index in [1.807, 2.05) is 44.3 Å². The number of nitrogens with zero attached hydrogens (tertiary/aromatic N) is 2. The Hall–Kier alpha value is -1.69. The number of carbonyl (C=O) groups is 1. The predicted molar refractivity (Wildman–Crippen MR) is 109 cm³/mol. The molecule has 6 heteroatoms.